The number of nitrogens with zero attached hydrogens (tertiary/aromatic N) is 2. The van der Waals surface area contributed by atoms with Gasteiger partial charge in [-0.05, 0) is 25.8 Å². The Kier molecular flexibility index (Phi) is 4.68. The van der Waals surface area contributed by atoms with Gasteiger partial charge in [-0.3, -0.25) is 15.1 Å². The number of aromatic hydroxyl groups is 1. The summed E-state index contributed by atoms with van der Waals surface area (Å²) >= 11 is 0. The molecule has 1 fully saturated rings. The Labute approximate surface area is 117 Å². The van der Waals surface area contributed by atoms with Crippen molar-refractivity contribution in [1.82, 2.24) is 5.32 Å². The summed E-state index contributed by atoms with van der Waals surface area (Å²) in [6.45, 7) is 2.77. The Morgan fingerprint density at radius 3 is 3.05 bits per heavy atom. The Morgan fingerprint density at radius 2 is 2.35 bits per heavy atom. The highest BCUT2D eigenvalue weighted by atomic mass is 16.6. The van der Waals surface area contributed by atoms with E-state index in [0.717, 1.165) is 6.42 Å². The molecular formula is C14H19N3O3. The standard InChI is InChI=1S/C14H19N3O3/c1-10-3-2-4-12(16-10)9-15-8-11-7-13(17(19)20)5-6-14(11)18/h5-8,10,12,16,18H,2-4,9H2,1H3. The smallest absolute Gasteiger partial charge is 0.270 e. The first kappa shape index (κ1) is 14.5. The maximum atomic E-state index is 10.7. The van der Waals surface area contributed by atoms with Gasteiger partial charge in [0, 0.05) is 36.0 Å². The number of nitrogens with one attached hydrogen (secondary N) is 1. The number of phenols is 1. The molecule has 2 rings (SSSR count). The Hall–Kier alpha value is -1.95. The van der Waals surface area contributed by atoms with Gasteiger partial charge in [-0.15, -0.1) is 0 Å². The summed E-state index contributed by atoms with van der Waals surface area (Å²) in [5.74, 6) is 0.00400. The van der Waals surface area contributed by atoms with E-state index in [-0.39, 0.29) is 11.4 Å². The van der Waals surface area contributed by atoms with Gasteiger partial charge in [0.2, 0.25) is 0 Å². The molecule has 1 saturated heterocycles. The van der Waals surface area contributed by atoms with Crippen molar-refractivity contribution in [3.63, 3.8) is 0 Å². The van der Waals surface area contributed by atoms with Gasteiger partial charge in [0.1, 0.15) is 5.75 Å². The van der Waals surface area contributed by atoms with Crippen molar-refractivity contribution in [2.45, 2.75) is 38.3 Å². The number of hydrogen-bond acceptors (Lipinski definition) is 5. The molecule has 1 heterocycles. The molecule has 0 aromatic heterocycles. The second-order valence-corrected chi connectivity index (χ2v) is 5.19. The van der Waals surface area contributed by atoms with E-state index in [0.29, 0.717) is 24.2 Å². The van der Waals surface area contributed by atoms with Gasteiger partial charge >= 0.3 is 0 Å². The summed E-state index contributed by atoms with van der Waals surface area (Å²) in [7, 11) is 0. The second-order valence-electron chi connectivity index (χ2n) is 5.19. The molecule has 1 aromatic carbocycles. The van der Waals surface area contributed by atoms with Gasteiger partial charge in [0.05, 0.1) is 11.5 Å². The highest BCUT2D eigenvalue weighted by Gasteiger charge is 2.16. The quantitative estimate of drug-likeness (QED) is 0.502. The van der Waals surface area contributed by atoms with Crippen LogP contribution in [-0.4, -0.2) is 34.9 Å². The van der Waals surface area contributed by atoms with E-state index in [4.69, 9.17) is 0 Å². The van der Waals surface area contributed by atoms with Crippen LogP contribution in [0.25, 0.3) is 0 Å². The fourth-order valence-electron chi connectivity index (χ4n) is 2.42. The van der Waals surface area contributed by atoms with E-state index < -0.39 is 4.92 Å². The molecule has 20 heavy (non-hydrogen) atoms. The van der Waals surface area contributed by atoms with E-state index in [1.54, 1.807) is 0 Å². The van der Waals surface area contributed by atoms with E-state index in [9.17, 15) is 15.2 Å². The molecule has 2 atom stereocenters. The zero-order chi connectivity index (χ0) is 14.5. The summed E-state index contributed by atoms with van der Waals surface area (Å²) < 4.78 is 0. The average Bonchev–Trinajstić information content (AvgIpc) is 2.40. The molecule has 0 amide bonds. The molecule has 0 saturated carbocycles. The van der Waals surface area contributed by atoms with Gasteiger partial charge in [0.15, 0.2) is 0 Å². The van der Waals surface area contributed by atoms with Crippen molar-refractivity contribution in [3.8, 4) is 5.75 Å². The van der Waals surface area contributed by atoms with Gasteiger partial charge in [0.25, 0.3) is 5.69 Å². The maximum absolute atomic E-state index is 10.7. The van der Waals surface area contributed by atoms with Crippen LogP contribution in [0.4, 0.5) is 5.69 Å². The van der Waals surface area contributed by atoms with Crippen LogP contribution in [0.15, 0.2) is 23.2 Å². The van der Waals surface area contributed by atoms with E-state index in [2.05, 4.69) is 17.2 Å². The van der Waals surface area contributed by atoms with Crippen LogP contribution in [0.2, 0.25) is 0 Å². The Balaban J connectivity index is 2.00. The lowest BCUT2D eigenvalue weighted by Crippen LogP contribution is -2.42. The molecule has 0 bridgehead atoms. The first-order valence-electron chi connectivity index (χ1n) is 6.79. The van der Waals surface area contributed by atoms with Crippen molar-refractivity contribution >= 4 is 11.9 Å². The highest BCUT2D eigenvalue weighted by Crippen LogP contribution is 2.21. The predicted molar refractivity (Wildman–Crippen MR) is 77.5 cm³/mol. The van der Waals surface area contributed by atoms with E-state index in [1.165, 1.54) is 37.3 Å². The van der Waals surface area contributed by atoms with Crippen LogP contribution in [0.3, 0.4) is 0 Å². The number of non-ortho nitro benzene ring substituents is 1. The molecule has 108 valence electrons. The maximum Gasteiger partial charge on any atom is 0.270 e. The molecule has 1 aromatic rings. The van der Waals surface area contributed by atoms with Crippen molar-refractivity contribution in [2.24, 2.45) is 4.99 Å². The summed E-state index contributed by atoms with van der Waals surface area (Å²) in [4.78, 5) is 14.5. The van der Waals surface area contributed by atoms with Crippen LogP contribution in [-0.2, 0) is 0 Å². The number of nitro benzene ring substituents is 1. The summed E-state index contributed by atoms with van der Waals surface area (Å²) in [5.41, 5.74) is 0.330. The fraction of sp³-hybridized carbons (Fsp3) is 0.500. The third-order valence-corrected chi connectivity index (χ3v) is 3.49. The van der Waals surface area contributed by atoms with Crippen molar-refractivity contribution in [3.05, 3.63) is 33.9 Å². The number of nitro groups is 1. The van der Waals surface area contributed by atoms with Gasteiger partial charge in [-0.1, -0.05) is 6.42 Å². The lowest BCUT2D eigenvalue weighted by molar-refractivity contribution is -0.384. The molecule has 0 aliphatic carbocycles. The topological polar surface area (TPSA) is 87.8 Å². The fourth-order valence-corrected chi connectivity index (χ4v) is 2.42. The molecule has 6 heteroatoms. The van der Waals surface area contributed by atoms with Gasteiger partial charge in [-0.25, -0.2) is 0 Å². The van der Waals surface area contributed by atoms with Crippen molar-refractivity contribution in [1.29, 1.82) is 0 Å². The van der Waals surface area contributed by atoms with E-state index in [1.807, 2.05) is 0 Å². The first-order chi connectivity index (χ1) is 9.56. The molecule has 2 N–H and O–H groups in total. The normalized spacial score (nSPS) is 23.1. The summed E-state index contributed by atoms with van der Waals surface area (Å²) in [6.07, 6.45) is 4.97. The molecule has 1 aliphatic rings. The number of hydrogen-bond donors (Lipinski definition) is 2. The predicted octanol–water partition coefficient (Wildman–Crippen LogP) is 2.25. The van der Waals surface area contributed by atoms with E-state index >= 15 is 0 Å². The van der Waals surface area contributed by atoms with Crippen LogP contribution in [0, 0.1) is 10.1 Å². The third kappa shape index (κ3) is 3.77. The largest absolute Gasteiger partial charge is 0.507 e. The van der Waals surface area contributed by atoms with Gasteiger partial charge < -0.3 is 10.4 Å². The third-order valence-electron chi connectivity index (χ3n) is 3.49. The lowest BCUT2D eigenvalue weighted by atomic mass is 10.00. The minimum atomic E-state index is -0.485. The van der Waals surface area contributed by atoms with Crippen molar-refractivity contribution < 1.29 is 10.0 Å². The van der Waals surface area contributed by atoms with Crippen LogP contribution in [0.5, 0.6) is 5.75 Å². The number of aliphatic imine (C=N–C) groups is 1. The lowest BCUT2D eigenvalue weighted by Gasteiger charge is -2.27. The molecule has 2 unspecified atom stereocenters. The Morgan fingerprint density at radius 1 is 1.55 bits per heavy atom. The number of benzene rings is 1. The van der Waals surface area contributed by atoms with Gasteiger partial charge in [-0.2, -0.15) is 0 Å². The number of phenolic OH excluding ortho intramolecular Hbond substituents is 1. The SMILES string of the molecule is CC1CCCC(CN=Cc2cc([N+](=O)[O-])ccc2O)N1. The molecule has 0 radical (unpaired) electrons. The second kappa shape index (κ2) is 6.47. The molecule has 6 nitrogen and oxygen atoms in total. The van der Waals surface area contributed by atoms with Crippen LogP contribution >= 0.6 is 0 Å². The van der Waals surface area contributed by atoms with Crippen molar-refractivity contribution in [2.75, 3.05) is 6.54 Å². The first-order valence-corrected chi connectivity index (χ1v) is 6.79. The summed E-state index contributed by atoms with van der Waals surface area (Å²) in [6, 6.07) is 4.78. The van der Waals surface area contributed by atoms with Crippen LogP contribution < -0.4 is 5.32 Å². The average molecular weight is 277 g/mol. The number of rotatable bonds is 4. The molecule has 1 aliphatic heterocycles. The number of piperidine rings is 1. The molecule has 0 spiro atoms. The zero-order valence-electron chi connectivity index (χ0n) is 11.5. The molecular weight excluding hydrogens is 258 g/mol. The highest BCUT2D eigenvalue weighted by molar-refractivity contribution is 5.84. The minimum Gasteiger partial charge on any atom is -0.507 e. The monoisotopic (exact) mass is 277 g/mol. The Bertz CT molecular complexity index is 516. The minimum absolute atomic E-state index is 0.00400. The summed E-state index contributed by atoms with van der Waals surface area (Å²) in [5, 5.41) is 23.8. The van der Waals surface area contributed by atoms with Crippen LogP contribution in [0.1, 0.15) is 31.7 Å². The zero-order valence-corrected chi connectivity index (χ0v) is 11.5.